The van der Waals surface area contributed by atoms with Crippen LogP contribution in [0.3, 0.4) is 0 Å². The van der Waals surface area contributed by atoms with Gasteiger partial charge >= 0.3 is 0 Å². The number of aryl methyl sites for hydroxylation is 1. The van der Waals surface area contributed by atoms with Gasteiger partial charge in [-0.05, 0) is 127 Å². The van der Waals surface area contributed by atoms with Crippen molar-refractivity contribution in [2.24, 2.45) is 5.92 Å². The minimum absolute atomic E-state index is 0.0328. The Bertz CT molecular complexity index is 2350. The lowest BCUT2D eigenvalue weighted by Gasteiger charge is -2.63. The van der Waals surface area contributed by atoms with Gasteiger partial charge in [-0.25, -0.2) is 4.98 Å². The number of carbonyl (C=O) groups is 4. The zero-order valence-electron chi connectivity index (χ0n) is 38.8. The van der Waals surface area contributed by atoms with Crippen molar-refractivity contribution < 1.29 is 48.3 Å². The Hall–Kier alpha value is -5.73. The number of nitrogens with one attached hydrogen (secondary N) is 4. The van der Waals surface area contributed by atoms with E-state index in [2.05, 4.69) is 43.0 Å². The SMILES string of the molecule is CCC(C)(CC(C)C(C)NC(=O)COCC(=O)N[C@H]1CC[C@@]2(O)C3Cc4ccc(O)c5c4[C@@]2(CCN3C)[C@H]1O5)NC(=O)COCC(=O)NCCOc1cccc(C#Cc2cccc(C)n2)c1. The van der Waals surface area contributed by atoms with Crippen LogP contribution in [0.15, 0.2) is 54.6 Å². The first-order valence-electron chi connectivity index (χ1n) is 23.0. The minimum Gasteiger partial charge on any atom is -0.504 e. The van der Waals surface area contributed by atoms with E-state index in [1.54, 1.807) is 6.07 Å². The number of carbonyl (C=O) groups excluding carboxylic acids is 4. The Morgan fingerprint density at radius 2 is 1.73 bits per heavy atom. The summed E-state index contributed by atoms with van der Waals surface area (Å²) in [6.45, 7) is 9.62. The molecule has 2 aliphatic heterocycles. The molecule has 1 aromatic heterocycles. The minimum atomic E-state index is -1.07. The molecule has 66 heavy (non-hydrogen) atoms. The van der Waals surface area contributed by atoms with E-state index in [-0.39, 0.29) is 81.1 Å². The molecule has 2 aromatic carbocycles. The highest BCUT2D eigenvalue weighted by Crippen LogP contribution is 2.65. The van der Waals surface area contributed by atoms with Gasteiger partial charge in [-0.1, -0.05) is 38.0 Å². The van der Waals surface area contributed by atoms with Crippen molar-refractivity contribution in [1.29, 1.82) is 0 Å². The first-order chi connectivity index (χ1) is 31.5. The van der Waals surface area contributed by atoms with Crippen LogP contribution in [-0.2, 0) is 40.5 Å². The molecular formula is C50H64N6O10. The fourth-order valence-corrected chi connectivity index (χ4v) is 10.4. The largest absolute Gasteiger partial charge is 0.504 e. The molecule has 1 saturated carbocycles. The number of rotatable bonds is 19. The molecule has 3 heterocycles. The van der Waals surface area contributed by atoms with Crippen LogP contribution in [0.5, 0.6) is 17.2 Å². The van der Waals surface area contributed by atoms with Crippen LogP contribution in [0, 0.1) is 24.7 Å². The van der Waals surface area contributed by atoms with Crippen LogP contribution in [-0.4, -0.2) is 132 Å². The molecule has 3 aromatic rings. The second-order valence-electron chi connectivity index (χ2n) is 18.7. The number of hydrogen-bond acceptors (Lipinski definition) is 12. The van der Waals surface area contributed by atoms with Gasteiger partial charge in [0, 0.05) is 34.4 Å². The molecule has 1 saturated heterocycles. The predicted octanol–water partition coefficient (Wildman–Crippen LogP) is 2.81. The predicted molar refractivity (Wildman–Crippen MR) is 245 cm³/mol. The number of pyridine rings is 1. The molecule has 8 atom stereocenters. The number of aromatic nitrogens is 1. The third kappa shape index (κ3) is 10.4. The van der Waals surface area contributed by atoms with Crippen LogP contribution in [0.1, 0.15) is 87.9 Å². The van der Waals surface area contributed by atoms with Crippen molar-refractivity contribution in [3.05, 3.63) is 82.7 Å². The van der Waals surface area contributed by atoms with Gasteiger partial charge in [0.05, 0.1) is 23.6 Å². The topological polar surface area (TPSA) is 210 Å². The summed E-state index contributed by atoms with van der Waals surface area (Å²) in [5.41, 5.74) is 1.85. The van der Waals surface area contributed by atoms with Crippen molar-refractivity contribution >= 4 is 23.6 Å². The molecule has 2 bridgehead atoms. The van der Waals surface area contributed by atoms with E-state index in [4.69, 9.17) is 18.9 Å². The Morgan fingerprint density at radius 3 is 2.50 bits per heavy atom. The summed E-state index contributed by atoms with van der Waals surface area (Å²) >= 11 is 0. The fourth-order valence-electron chi connectivity index (χ4n) is 10.4. The third-order valence-corrected chi connectivity index (χ3v) is 14.0. The normalized spacial score (nSPS) is 24.2. The van der Waals surface area contributed by atoms with Crippen molar-refractivity contribution in [2.75, 3.05) is 53.2 Å². The van der Waals surface area contributed by atoms with Crippen LogP contribution in [0.25, 0.3) is 0 Å². The molecule has 4 aliphatic rings. The zero-order chi connectivity index (χ0) is 47.2. The first-order valence-corrected chi connectivity index (χ1v) is 23.0. The van der Waals surface area contributed by atoms with Crippen LogP contribution < -0.4 is 30.7 Å². The number of benzene rings is 2. The van der Waals surface area contributed by atoms with Crippen LogP contribution in [0.4, 0.5) is 0 Å². The lowest BCUT2D eigenvalue weighted by molar-refractivity contribution is -0.187. The lowest BCUT2D eigenvalue weighted by Crippen LogP contribution is -2.77. The molecule has 16 heteroatoms. The summed E-state index contributed by atoms with van der Waals surface area (Å²) in [6.07, 6.45) is 2.83. The number of amides is 4. The maximum Gasteiger partial charge on any atom is 0.246 e. The molecule has 1 spiro atoms. The van der Waals surface area contributed by atoms with Crippen molar-refractivity contribution in [1.82, 2.24) is 31.2 Å². The molecule has 16 nitrogen and oxygen atoms in total. The quantitative estimate of drug-likeness (QED) is 0.0759. The zero-order valence-corrected chi connectivity index (χ0v) is 38.8. The molecule has 0 radical (unpaired) electrons. The van der Waals surface area contributed by atoms with E-state index < -0.39 is 34.6 Å². The Labute approximate surface area is 386 Å². The van der Waals surface area contributed by atoms with Gasteiger partial charge in [-0.3, -0.25) is 19.2 Å². The molecule has 7 rings (SSSR count). The van der Waals surface area contributed by atoms with E-state index in [1.165, 1.54) is 0 Å². The summed E-state index contributed by atoms with van der Waals surface area (Å²) in [4.78, 5) is 58.0. The van der Waals surface area contributed by atoms with Gasteiger partial charge < -0.3 is 55.3 Å². The van der Waals surface area contributed by atoms with Gasteiger partial charge in [-0.15, -0.1) is 0 Å². The number of phenolic OH excluding ortho intramolecular Hbond substituents is 1. The molecular weight excluding hydrogens is 845 g/mol. The number of piperidine rings is 1. The number of nitrogens with zero attached hydrogens (tertiary/aromatic N) is 2. The smallest absolute Gasteiger partial charge is 0.246 e. The average molecular weight is 909 g/mol. The summed E-state index contributed by atoms with van der Waals surface area (Å²) in [6, 6.07) is 15.8. The van der Waals surface area contributed by atoms with Gasteiger partial charge in [0.1, 0.15) is 50.6 Å². The van der Waals surface area contributed by atoms with Crippen molar-refractivity contribution in [3.8, 4) is 29.1 Å². The van der Waals surface area contributed by atoms with Gasteiger partial charge in [0.2, 0.25) is 23.6 Å². The second-order valence-corrected chi connectivity index (χ2v) is 18.7. The molecule has 4 amide bonds. The van der Waals surface area contributed by atoms with Gasteiger partial charge in [-0.2, -0.15) is 0 Å². The maximum atomic E-state index is 13.2. The van der Waals surface area contributed by atoms with E-state index in [0.29, 0.717) is 55.7 Å². The van der Waals surface area contributed by atoms with E-state index >= 15 is 0 Å². The summed E-state index contributed by atoms with van der Waals surface area (Å²) in [5.74, 6) is 5.61. The standard InChI is InChI=1S/C50H64N6O10/c1-7-48(5,55-44(61)30-63-27-41(58)51-21-23-65-37-13-9-11-34(24-37)14-16-36-12-8-10-32(3)52-36)26-31(2)33(4)53-42(59)28-64-29-43(60)54-38-18-19-50(62)40-25-35-15-17-39(57)46-45(35)49(50,47(38)66-46)20-22-56(40)6/h8-13,15,17,24,31,33,38,40,47,57,62H,7,18-23,25-30H2,1-6H3,(H,51,58)(H,53,59)(H,54,60)(H,55,61)/t31?,33?,38-,40?,47-,48?,49-,50+/m0/s1. The molecule has 354 valence electrons. The number of likely N-dealkylation sites (N-methyl/N-ethyl adjacent to an activating group) is 1. The second kappa shape index (κ2) is 20.4. The van der Waals surface area contributed by atoms with E-state index in [1.807, 2.05) is 90.2 Å². The first kappa shape index (κ1) is 48.2. The monoisotopic (exact) mass is 908 g/mol. The summed E-state index contributed by atoms with van der Waals surface area (Å²) < 4.78 is 23.2. The molecule has 2 aliphatic carbocycles. The number of aliphatic hydroxyl groups is 1. The highest BCUT2D eigenvalue weighted by atomic mass is 16.5. The van der Waals surface area contributed by atoms with Crippen molar-refractivity contribution in [3.63, 3.8) is 0 Å². The maximum absolute atomic E-state index is 13.2. The van der Waals surface area contributed by atoms with E-state index in [9.17, 15) is 29.4 Å². The third-order valence-electron chi connectivity index (χ3n) is 14.0. The van der Waals surface area contributed by atoms with Crippen molar-refractivity contribution in [2.45, 2.75) is 114 Å². The number of likely N-dealkylation sites (tertiary alicyclic amines) is 1. The number of hydrogen-bond donors (Lipinski definition) is 6. The Morgan fingerprint density at radius 1 is 0.985 bits per heavy atom. The summed E-state index contributed by atoms with van der Waals surface area (Å²) in [7, 11) is 2.03. The molecule has 6 N–H and O–H groups in total. The van der Waals surface area contributed by atoms with Gasteiger partial charge in [0.25, 0.3) is 0 Å². The van der Waals surface area contributed by atoms with Crippen LogP contribution in [0.2, 0.25) is 0 Å². The molecule has 4 unspecified atom stereocenters. The number of ether oxygens (including phenoxy) is 4. The highest BCUT2D eigenvalue weighted by molar-refractivity contribution is 5.81. The number of phenols is 1. The Balaban J connectivity index is 0.778. The number of aromatic hydroxyl groups is 1. The molecule has 2 fully saturated rings. The Kier molecular flexibility index (Phi) is 14.9. The lowest BCUT2D eigenvalue weighted by atomic mass is 9.48. The summed E-state index contributed by atoms with van der Waals surface area (Å²) in [5, 5.41) is 34.9. The van der Waals surface area contributed by atoms with Gasteiger partial charge in [0.15, 0.2) is 11.5 Å². The highest BCUT2D eigenvalue weighted by Gasteiger charge is 2.72. The van der Waals surface area contributed by atoms with Crippen LogP contribution >= 0.6 is 0 Å². The average Bonchev–Trinajstić information content (AvgIpc) is 3.64. The fraction of sp³-hybridized carbons (Fsp3) is 0.540. The van der Waals surface area contributed by atoms with E-state index in [0.717, 1.165) is 28.9 Å².